The summed E-state index contributed by atoms with van der Waals surface area (Å²) in [5.74, 6) is 2.11. The maximum Gasteiger partial charge on any atom is 0.441 e. The Labute approximate surface area is 487 Å². The Hall–Kier alpha value is -8.68. The van der Waals surface area contributed by atoms with Crippen LogP contribution in [0.25, 0.3) is 0 Å². The van der Waals surface area contributed by atoms with Crippen LogP contribution in [0.5, 0.6) is 34.6 Å². The number of ether oxygens (including phenoxy) is 8. The lowest BCUT2D eigenvalue weighted by molar-refractivity contribution is -0.445. The number of rotatable bonds is 22. The Morgan fingerprint density at radius 2 is 0.929 bits per heavy atom. The molecule has 6 aromatic rings. The summed E-state index contributed by atoms with van der Waals surface area (Å²) in [5, 5.41) is 4.63. The maximum atomic E-state index is 14.6. The van der Waals surface area contributed by atoms with Crippen molar-refractivity contribution in [2.75, 3.05) is 53.3 Å². The van der Waals surface area contributed by atoms with Crippen LogP contribution in [0.2, 0.25) is 0 Å². The standard InChI is InChI=1S/2C27H33N7O6S.2H2O/c1-16(2)40-25(20-14-30-23(39-7)15-29-20)18(4)41(36)33-27(31-24-21(37-5)9-8-10-22(24)38-6)34(41)32-26(35)19-11-17(3)12-28-13-19;1-16(2)40-24(25-29-14-20(37-5)15-30-25)18(4)41(36)33-27(31-23-21(38-6)9-8-10-22(23)39-7)34(41)32-26(35)19-11-17(3)12-28-13-19;;/h8-16,18,25H,1-7H3,(H,32,35);8-16,18,24H,1-7H3,(H,32,35);2*1H2/p+2/t18-,25+,41?;18-,24+,41?;;/m10../s1. The molecule has 84 heavy (non-hydrogen) atoms. The van der Waals surface area contributed by atoms with Gasteiger partial charge in [-0.2, -0.15) is 19.3 Å². The molecule has 8 rings (SSSR count). The third-order valence-corrected chi connectivity index (χ3v) is 17.2. The van der Waals surface area contributed by atoms with Crippen molar-refractivity contribution in [1.82, 2.24) is 40.8 Å². The van der Waals surface area contributed by atoms with Gasteiger partial charge in [-0.05, 0) is 111 Å². The second kappa shape index (κ2) is 29.0. The summed E-state index contributed by atoms with van der Waals surface area (Å²) >= 11 is 0. The number of pyridine rings is 2. The number of amides is 2. The fourth-order valence-corrected chi connectivity index (χ4v) is 12.0. The van der Waals surface area contributed by atoms with E-state index in [0.717, 1.165) is 11.1 Å². The van der Waals surface area contributed by atoms with Crippen molar-refractivity contribution < 1.29 is 75.0 Å². The first-order valence-electron chi connectivity index (χ1n) is 25.5. The molecule has 452 valence electrons. The number of methoxy groups -OCH3 is 6. The molecular weight excluding hydrogens is 1130 g/mol. The fourth-order valence-electron chi connectivity index (χ4n) is 8.18. The van der Waals surface area contributed by atoms with Gasteiger partial charge in [0.2, 0.25) is 5.88 Å². The van der Waals surface area contributed by atoms with Gasteiger partial charge in [-0.3, -0.25) is 24.5 Å². The summed E-state index contributed by atoms with van der Waals surface area (Å²) < 4.78 is 85.2. The molecule has 8 N–H and O–H groups in total. The number of aromatic nitrogens is 6. The van der Waals surface area contributed by atoms with E-state index >= 15 is 0 Å². The average molecular weight is 1210 g/mol. The maximum absolute atomic E-state index is 14.6. The number of carbonyl (C=O) groups excluding carboxylic acids is 2. The minimum atomic E-state index is -3.35. The van der Waals surface area contributed by atoms with Gasteiger partial charge < -0.3 is 48.8 Å². The van der Waals surface area contributed by atoms with Crippen LogP contribution in [-0.4, -0.2) is 146 Å². The smallest absolute Gasteiger partial charge is 0.441 e. The highest BCUT2D eigenvalue weighted by molar-refractivity contribution is 7.92. The van der Waals surface area contributed by atoms with E-state index in [2.05, 4.69) is 60.2 Å². The van der Waals surface area contributed by atoms with Crippen LogP contribution in [0.15, 0.2) is 107 Å². The third kappa shape index (κ3) is 14.7. The summed E-state index contributed by atoms with van der Waals surface area (Å²) in [6, 6.07) is 13.8. The van der Waals surface area contributed by atoms with Gasteiger partial charge >= 0.3 is 11.9 Å². The van der Waals surface area contributed by atoms with Crippen molar-refractivity contribution in [3.63, 3.8) is 0 Å². The third-order valence-electron chi connectivity index (χ3n) is 12.3. The molecule has 0 spiro atoms. The van der Waals surface area contributed by atoms with Gasteiger partial charge in [0.15, 0.2) is 45.9 Å². The zero-order chi connectivity index (χ0) is 59.5. The number of hydrazine groups is 2. The first-order chi connectivity index (χ1) is 39.2. The Bertz CT molecular complexity index is 3330. The molecule has 6 atom stereocenters. The van der Waals surface area contributed by atoms with Crippen molar-refractivity contribution in [3.8, 4) is 34.6 Å². The molecule has 0 fully saturated rings. The van der Waals surface area contributed by atoms with Crippen molar-refractivity contribution in [3.05, 3.63) is 132 Å². The molecule has 0 radical (unpaired) electrons. The molecule has 0 saturated carbocycles. The van der Waals surface area contributed by atoms with Crippen molar-refractivity contribution in [2.24, 2.45) is 8.80 Å². The van der Waals surface area contributed by atoms with Gasteiger partial charge in [0, 0.05) is 33.6 Å². The van der Waals surface area contributed by atoms with E-state index in [1.807, 2.05) is 41.5 Å². The number of hydrogen-bond donors (Lipinski definition) is 4. The number of anilines is 2. The second-order valence-electron chi connectivity index (χ2n) is 18.8. The van der Waals surface area contributed by atoms with Gasteiger partial charge in [-0.25, -0.2) is 25.6 Å². The van der Waals surface area contributed by atoms with Crippen molar-refractivity contribution >= 4 is 54.9 Å². The summed E-state index contributed by atoms with van der Waals surface area (Å²) in [5.41, 5.74) is 8.97. The monoisotopic (exact) mass is 1200 g/mol. The largest absolute Gasteiger partial charge is 0.494 e. The van der Waals surface area contributed by atoms with E-state index in [1.54, 1.807) is 74.8 Å². The van der Waals surface area contributed by atoms with E-state index in [-0.39, 0.29) is 46.2 Å². The molecule has 2 unspecified atom stereocenters. The lowest BCUT2D eigenvalue weighted by atomic mass is 10.2. The first-order valence-corrected chi connectivity index (χ1v) is 28.6. The Balaban J connectivity index is 0.000000300. The number of nitrogens with zero attached hydrogens (tertiary/aromatic N) is 10. The van der Waals surface area contributed by atoms with E-state index < -0.39 is 54.4 Å². The zero-order valence-corrected chi connectivity index (χ0v) is 50.5. The molecule has 4 aromatic heterocycles. The van der Waals surface area contributed by atoms with Crippen LogP contribution in [0, 0.1) is 13.8 Å². The van der Waals surface area contributed by atoms with Crippen molar-refractivity contribution in [1.29, 1.82) is 0 Å². The lowest BCUT2D eigenvalue weighted by Gasteiger charge is -2.29. The highest BCUT2D eigenvalue weighted by Crippen LogP contribution is 2.38. The second-order valence-corrected chi connectivity index (χ2v) is 23.5. The summed E-state index contributed by atoms with van der Waals surface area (Å²) in [6.45, 7) is 14.5. The number of para-hydroxylation sites is 2. The fraction of sp³-hybridized carbons (Fsp3) is 0.370. The Kier molecular flexibility index (Phi) is 22.8. The Morgan fingerprint density at radius 1 is 0.512 bits per heavy atom. The summed E-state index contributed by atoms with van der Waals surface area (Å²) in [7, 11) is 2.37. The van der Waals surface area contributed by atoms with Gasteiger partial charge in [-0.1, -0.05) is 12.1 Å². The topological polar surface area (TPSA) is 361 Å². The molecule has 30 heteroatoms. The normalized spacial score (nSPS) is 17.2. The van der Waals surface area contributed by atoms with E-state index in [1.165, 1.54) is 87.9 Å². The lowest BCUT2D eigenvalue weighted by Crippen LogP contribution is -2.54. The molecule has 6 heterocycles. The molecular formula is C54H72N14O14S2+2. The van der Waals surface area contributed by atoms with Gasteiger partial charge in [0.05, 0.1) is 96.5 Å². The van der Waals surface area contributed by atoms with Crippen LogP contribution in [-0.2, 0) is 29.3 Å². The number of aryl methyl sites for hydroxylation is 2. The van der Waals surface area contributed by atoms with Gasteiger partial charge in [-0.15, -0.1) is 0 Å². The zero-order valence-electron chi connectivity index (χ0n) is 48.9. The van der Waals surface area contributed by atoms with Crippen LogP contribution in [0.4, 0.5) is 11.4 Å². The number of benzene rings is 2. The predicted molar refractivity (Wildman–Crippen MR) is 312 cm³/mol. The highest BCUT2D eigenvalue weighted by Gasteiger charge is 2.50. The number of carbonyl (C=O) groups is 2. The molecule has 2 aromatic carbocycles. The predicted octanol–water partition coefficient (Wildman–Crippen LogP) is 4.92. The molecule has 2 aliphatic rings. The highest BCUT2D eigenvalue weighted by atomic mass is 32.2. The molecule has 0 saturated heterocycles. The quantitative estimate of drug-likeness (QED) is 0.0655. The van der Waals surface area contributed by atoms with Crippen LogP contribution >= 0.6 is 0 Å². The van der Waals surface area contributed by atoms with Crippen LogP contribution in [0.1, 0.15) is 97.1 Å². The molecule has 0 bridgehead atoms. The first kappa shape index (κ1) is 66.1. The minimum absolute atomic E-state index is 0. The molecule has 2 amide bonds. The van der Waals surface area contributed by atoms with Crippen LogP contribution in [0.3, 0.4) is 0 Å². The molecule has 2 aliphatic heterocycles. The van der Waals surface area contributed by atoms with E-state index in [4.69, 9.17) is 37.9 Å². The minimum Gasteiger partial charge on any atom is -0.494 e. The molecule has 28 nitrogen and oxygen atoms in total. The number of nitrogens with one attached hydrogen (secondary N) is 4. The number of guanidine groups is 2. The summed E-state index contributed by atoms with van der Waals surface area (Å²) in [4.78, 5) is 52.2. The summed E-state index contributed by atoms with van der Waals surface area (Å²) in [6.07, 6.45) is 10.00. The molecule has 0 aliphatic carbocycles. The van der Waals surface area contributed by atoms with Gasteiger partial charge in [0.25, 0.3) is 31.6 Å². The average Bonchev–Trinajstić information content (AvgIpc) is 3.49. The van der Waals surface area contributed by atoms with Crippen LogP contribution < -0.4 is 49.9 Å². The van der Waals surface area contributed by atoms with E-state index in [0.29, 0.717) is 57.5 Å². The Morgan fingerprint density at radius 3 is 1.29 bits per heavy atom. The number of hydrogen-bond acceptors (Lipinski definition) is 20. The van der Waals surface area contributed by atoms with E-state index in [9.17, 15) is 18.0 Å². The SMILES string of the molecule is COc1cnc([C@@H](OC(C)C)[C@@H](C)S2(=O)=[N+](NC(=O)c3cncc(C)c3)C(Nc3c(OC)cccc3OC)=N2)cn1.COc1cnc([C@H](OC(C)C)[C@H](C)S2(=O)=[N+](NC(=O)c3cncc(C)c3)C(Nc3c(OC)cccc3OC)=N2)nc1.O.O. The van der Waals surface area contributed by atoms with Gasteiger partial charge in [0.1, 0.15) is 22.7 Å². The van der Waals surface area contributed by atoms with Crippen molar-refractivity contribution in [2.45, 2.75) is 90.3 Å².